The number of carbonyl (C=O) groups is 1. The third-order valence-electron chi connectivity index (χ3n) is 3.94. The molecule has 0 fully saturated rings. The second-order valence-electron chi connectivity index (χ2n) is 5.43. The molecule has 102 valence electrons. The van der Waals surface area contributed by atoms with Crippen LogP contribution in [-0.2, 0) is 0 Å². The molecule has 1 aromatic heterocycles. The van der Waals surface area contributed by atoms with Crippen molar-refractivity contribution in [3.8, 4) is 0 Å². The Labute approximate surface area is 118 Å². The number of para-hydroxylation sites is 1. The van der Waals surface area contributed by atoms with E-state index in [9.17, 15) is 4.79 Å². The minimum absolute atomic E-state index is 0.113. The van der Waals surface area contributed by atoms with Crippen molar-refractivity contribution in [2.75, 3.05) is 14.1 Å². The number of nitrogens with one attached hydrogen (secondary N) is 1. The highest BCUT2D eigenvalue weighted by atomic mass is 16.1. The van der Waals surface area contributed by atoms with E-state index in [4.69, 9.17) is 0 Å². The van der Waals surface area contributed by atoms with Crippen LogP contribution in [0, 0.1) is 0 Å². The first-order valence-electron chi connectivity index (χ1n) is 6.79. The summed E-state index contributed by atoms with van der Waals surface area (Å²) in [5.41, 5.74) is 2.94. The first kappa shape index (κ1) is 12.9. The zero-order valence-electron chi connectivity index (χ0n) is 12.0. The van der Waals surface area contributed by atoms with Crippen LogP contribution in [0.4, 0.5) is 0 Å². The maximum Gasteiger partial charge on any atom is 0.179 e. The van der Waals surface area contributed by atoms with Crippen molar-refractivity contribution in [1.29, 1.82) is 0 Å². The van der Waals surface area contributed by atoms with Crippen LogP contribution < -0.4 is 0 Å². The van der Waals surface area contributed by atoms with Gasteiger partial charge in [0.2, 0.25) is 0 Å². The minimum atomic E-state index is -0.113. The third kappa shape index (κ3) is 2.00. The molecule has 1 N–H and O–H groups in total. The monoisotopic (exact) mass is 266 g/mol. The number of nitrogens with zero attached hydrogens (tertiary/aromatic N) is 1. The Hall–Kier alpha value is -2.13. The average molecular weight is 266 g/mol. The van der Waals surface area contributed by atoms with Gasteiger partial charge in [0.05, 0.1) is 6.04 Å². The number of Topliss-reactive ketones (excluding diaryl/α,β-unsaturated/α-hetero) is 1. The number of carbonyl (C=O) groups excluding carboxylic acids is 1. The predicted molar refractivity (Wildman–Crippen MR) is 83.3 cm³/mol. The van der Waals surface area contributed by atoms with E-state index in [-0.39, 0.29) is 11.8 Å². The zero-order valence-corrected chi connectivity index (χ0v) is 12.0. The molecular formula is C17H18N2O. The molecule has 0 amide bonds. The molecule has 0 spiro atoms. The van der Waals surface area contributed by atoms with Crippen molar-refractivity contribution >= 4 is 27.6 Å². The molecular weight excluding hydrogens is 248 g/mol. The summed E-state index contributed by atoms with van der Waals surface area (Å²) in [5, 5.41) is 2.27. The van der Waals surface area contributed by atoms with E-state index in [1.165, 1.54) is 0 Å². The van der Waals surface area contributed by atoms with Crippen molar-refractivity contribution in [1.82, 2.24) is 9.88 Å². The van der Waals surface area contributed by atoms with E-state index in [2.05, 4.69) is 17.1 Å². The molecule has 0 saturated carbocycles. The Morgan fingerprint density at radius 1 is 1.05 bits per heavy atom. The van der Waals surface area contributed by atoms with E-state index in [1.807, 2.05) is 56.3 Å². The number of H-pyrrole nitrogens is 1. The first-order chi connectivity index (χ1) is 9.58. The molecule has 3 rings (SSSR count). The average Bonchev–Trinajstić information content (AvgIpc) is 2.83. The number of aromatic amines is 1. The van der Waals surface area contributed by atoms with Gasteiger partial charge < -0.3 is 4.98 Å². The number of hydrogen-bond donors (Lipinski definition) is 1. The highest BCUT2D eigenvalue weighted by molar-refractivity contribution is 6.10. The van der Waals surface area contributed by atoms with E-state index in [1.54, 1.807) is 0 Å². The third-order valence-corrected chi connectivity index (χ3v) is 3.94. The highest BCUT2D eigenvalue weighted by Gasteiger charge is 2.17. The fourth-order valence-corrected chi connectivity index (χ4v) is 2.48. The van der Waals surface area contributed by atoms with Crippen molar-refractivity contribution in [2.24, 2.45) is 0 Å². The summed E-state index contributed by atoms with van der Waals surface area (Å²) in [6.45, 7) is 1.93. The molecule has 0 radical (unpaired) electrons. The number of benzene rings is 2. The molecule has 1 atom stereocenters. The van der Waals surface area contributed by atoms with Gasteiger partial charge in [-0.25, -0.2) is 0 Å². The van der Waals surface area contributed by atoms with Gasteiger partial charge in [-0.05, 0) is 45.3 Å². The van der Waals surface area contributed by atoms with E-state index >= 15 is 0 Å². The van der Waals surface area contributed by atoms with Crippen molar-refractivity contribution in [2.45, 2.75) is 13.0 Å². The lowest BCUT2D eigenvalue weighted by Gasteiger charge is -2.18. The lowest BCUT2D eigenvalue weighted by molar-refractivity contribution is 0.0891. The zero-order chi connectivity index (χ0) is 14.3. The van der Waals surface area contributed by atoms with Gasteiger partial charge in [0, 0.05) is 27.4 Å². The van der Waals surface area contributed by atoms with Crippen molar-refractivity contribution < 1.29 is 4.79 Å². The van der Waals surface area contributed by atoms with Gasteiger partial charge in [-0.15, -0.1) is 0 Å². The molecule has 0 aliphatic carbocycles. The second kappa shape index (κ2) is 4.76. The van der Waals surface area contributed by atoms with Crippen LogP contribution in [0.2, 0.25) is 0 Å². The molecule has 1 heterocycles. The van der Waals surface area contributed by atoms with E-state index in [0.717, 1.165) is 27.4 Å². The maximum absolute atomic E-state index is 12.4. The van der Waals surface area contributed by atoms with Gasteiger partial charge in [0.1, 0.15) is 0 Å². The lowest BCUT2D eigenvalue weighted by atomic mass is 10.0. The summed E-state index contributed by atoms with van der Waals surface area (Å²) in [7, 11) is 3.85. The summed E-state index contributed by atoms with van der Waals surface area (Å²) < 4.78 is 0. The Morgan fingerprint density at radius 3 is 2.50 bits per heavy atom. The quantitative estimate of drug-likeness (QED) is 0.737. The van der Waals surface area contributed by atoms with Crippen LogP contribution in [-0.4, -0.2) is 35.8 Å². The lowest BCUT2D eigenvalue weighted by Crippen LogP contribution is -2.32. The molecule has 2 aromatic carbocycles. The van der Waals surface area contributed by atoms with Gasteiger partial charge >= 0.3 is 0 Å². The van der Waals surface area contributed by atoms with Crippen molar-refractivity contribution in [3.05, 3.63) is 48.0 Å². The Kier molecular flexibility index (Phi) is 3.07. The topological polar surface area (TPSA) is 36.1 Å². The molecule has 0 aliphatic rings. The van der Waals surface area contributed by atoms with Crippen LogP contribution in [0.1, 0.15) is 17.3 Å². The number of likely N-dealkylation sites (N-methyl/N-ethyl adjacent to an activating group) is 1. The van der Waals surface area contributed by atoms with Crippen LogP contribution in [0.3, 0.4) is 0 Å². The smallest absolute Gasteiger partial charge is 0.179 e. The van der Waals surface area contributed by atoms with E-state index in [0.29, 0.717) is 0 Å². The maximum atomic E-state index is 12.4. The van der Waals surface area contributed by atoms with Gasteiger partial charge in [-0.1, -0.05) is 18.2 Å². The number of fused-ring (bicyclic) bond motifs is 3. The van der Waals surface area contributed by atoms with Crippen LogP contribution in [0.5, 0.6) is 0 Å². The summed E-state index contributed by atoms with van der Waals surface area (Å²) in [4.78, 5) is 17.7. The van der Waals surface area contributed by atoms with Crippen molar-refractivity contribution in [3.63, 3.8) is 0 Å². The summed E-state index contributed by atoms with van der Waals surface area (Å²) >= 11 is 0. The standard InChI is InChI=1S/C17H18N2O/c1-11(19(2)3)17(20)12-8-9-16-14(10-12)13-6-4-5-7-15(13)18-16/h4-11,18H,1-3H3. The van der Waals surface area contributed by atoms with Gasteiger partial charge in [0.15, 0.2) is 5.78 Å². The molecule has 20 heavy (non-hydrogen) atoms. The van der Waals surface area contributed by atoms with E-state index < -0.39 is 0 Å². The normalized spacial score (nSPS) is 13.2. The number of hydrogen-bond acceptors (Lipinski definition) is 2. The molecule has 3 nitrogen and oxygen atoms in total. The summed E-state index contributed by atoms with van der Waals surface area (Å²) in [6.07, 6.45) is 0. The van der Waals surface area contributed by atoms with Gasteiger partial charge in [-0.2, -0.15) is 0 Å². The Morgan fingerprint density at radius 2 is 1.75 bits per heavy atom. The number of aromatic nitrogens is 1. The molecule has 3 aromatic rings. The highest BCUT2D eigenvalue weighted by Crippen LogP contribution is 2.26. The number of ketones is 1. The second-order valence-corrected chi connectivity index (χ2v) is 5.43. The minimum Gasteiger partial charge on any atom is -0.355 e. The predicted octanol–water partition coefficient (Wildman–Crippen LogP) is 3.45. The number of rotatable bonds is 3. The molecule has 0 bridgehead atoms. The summed E-state index contributed by atoms with van der Waals surface area (Å²) in [5.74, 6) is 0.155. The molecule has 0 aliphatic heterocycles. The fourth-order valence-electron chi connectivity index (χ4n) is 2.48. The molecule has 1 unspecified atom stereocenters. The Bertz CT molecular complexity index is 786. The van der Waals surface area contributed by atoms with Crippen LogP contribution in [0.25, 0.3) is 21.8 Å². The Balaban J connectivity index is 2.14. The molecule has 3 heteroatoms. The van der Waals surface area contributed by atoms with Gasteiger partial charge in [0.25, 0.3) is 0 Å². The largest absolute Gasteiger partial charge is 0.355 e. The fraction of sp³-hybridized carbons (Fsp3) is 0.235. The SMILES string of the molecule is CC(C(=O)c1ccc2[nH]c3ccccc3c2c1)N(C)C. The van der Waals surface area contributed by atoms with Crippen LogP contribution >= 0.6 is 0 Å². The van der Waals surface area contributed by atoms with Gasteiger partial charge in [-0.3, -0.25) is 9.69 Å². The van der Waals surface area contributed by atoms with Crippen LogP contribution in [0.15, 0.2) is 42.5 Å². The summed E-state index contributed by atoms with van der Waals surface area (Å²) in [6, 6.07) is 13.9. The molecule has 0 saturated heterocycles. The first-order valence-corrected chi connectivity index (χ1v) is 6.79.